The molecule has 0 aliphatic carbocycles. The topological polar surface area (TPSA) is 29.5 Å². The van der Waals surface area contributed by atoms with Crippen LogP contribution in [0.15, 0.2) is 127 Å². The minimum absolute atomic E-state index is 0.653. The first-order chi connectivity index (χ1) is 15.8. The van der Waals surface area contributed by atoms with E-state index < -0.39 is 6.10 Å². The lowest BCUT2D eigenvalue weighted by Crippen LogP contribution is -2.00. The molecule has 156 valence electrons. The van der Waals surface area contributed by atoms with Crippen LogP contribution < -0.4 is 4.74 Å². The van der Waals surface area contributed by atoms with Crippen molar-refractivity contribution in [2.45, 2.75) is 6.10 Å². The van der Waals surface area contributed by atoms with Crippen LogP contribution in [0, 0.1) is 0 Å². The predicted molar refractivity (Wildman–Crippen MR) is 130 cm³/mol. The summed E-state index contributed by atoms with van der Waals surface area (Å²) in [5.41, 5.74) is 12.0. The molecule has 0 saturated heterocycles. The number of hydrogen-bond acceptors (Lipinski definition) is 2. The van der Waals surface area contributed by atoms with Gasteiger partial charge in [-0.1, -0.05) is 115 Å². The van der Waals surface area contributed by atoms with Gasteiger partial charge in [-0.2, -0.15) is 0 Å². The van der Waals surface area contributed by atoms with Crippen molar-refractivity contribution in [3.05, 3.63) is 149 Å². The Bertz CT molecular complexity index is 1200. The molecule has 1 unspecified atom stereocenters. The summed E-state index contributed by atoms with van der Waals surface area (Å²) in [6.07, 6.45) is -0.858. The molecule has 0 fully saturated rings. The van der Waals surface area contributed by atoms with Crippen LogP contribution in [-0.4, -0.2) is 12.2 Å². The van der Waals surface area contributed by atoms with Gasteiger partial charge in [0, 0.05) is 11.1 Å². The molecule has 2 nitrogen and oxygen atoms in total. The molecule has 1 N–H and O–H groups in total. The number of methoxy groups -OCH3 is 1. The summed E-state index contributed by atoms with van der Waals surface area (Å²) >= 11 is 0. The van der Waals surface area contributed by atoms with Gasteiger partial charge in [-0.15, -0.1) is 0 Å². The number of ether oxygens (including phenoxy) is 1. The Morgan fingerprint density at radius 3 is 1.56 bits per heavy atom. The van der Waals surface area contributed by atoms with Gasteiger partial charge in [0.1, 0.15) is 11.9 Å². The van der Waals surface area contributed by atoms with Crippen molar-refractivity contribution >= 4 is 11.1 Å². The highest BCUT2D eigenvalue weighted by Gasteiger charge is 2.15. The number of benzene rings is 4. The first kappa shape index (κ1) is 21.2. The van der Waals surface area contributed by atoms with Gasteiger partial charge in [0.25, 0.3) is 0 Å². The second-order valence-electron chi connectivity index (χ2n) is 7.31. The first-order valence-corrected chi connectivity index (χ1v) is 10.5. The Morgan fingerprint density at radius 1 is 0.625 bits per heavy atom. The van der Waals surface area contributed by atoms with Gasteiger partial charge < -0.3 is 9.84 Å². The molecule has 0 aliphatic heterocycles. The molecule has 1 atom stereocenters. The molecule has 4 rings (SSSR count). The van der Waals surface area contributed by atoms with E-state index in [4.69, 9.17) is 4.74 Å². The maximum Gasteiger partial charge on any atom is 0.118 e. The smallest absolute Gasteiger partial charge is 0.118 e. The van der Waals surface area contributed by atoms with Crippen LogP contribution >= 0.6 is 0 Å². The summed E-state index contributed by atoms with van der Waals surface area (Å²) in [4.78, 5) is 0. The summed E-state index contributed by atoms with van der Waals surface area (Å²) in [7, 11) is 1.63. The van der Waals surface area contributed by atoms with E-state index >= 15 is 0 Å². The van der Waals surface area contributed by atoms with Crippen LogP contribution in [0.4, 0.5) is 0 Å². The second-order valence-corrected chi connectivity index (χ2v) is 7.31. The molecule has 0 radical (unpaired) electrons. The molecule has 4 aromatic rings. The molecule has 0 bridgehead atoms. The molecule has 0 spiro atoms. The van der Waals surface area contributed by atoms with Crippen molar-refractivity contribution < 1.29 is 9.84 Å². The van der Waals surface area contributed by atoms with E-state index in [1.165, 1.54) is 0 Å². The van der Waals surface area contributed by atoms with E-state index in [1.54, 1.807) is 7.11 Å². The maximum atomic E-state index is 11.3. The van der Waals surface area contributed by atoms with Gasteiger partial charge >= 0.3 is 0 Å². The zero-order chi connectivity index (χ0) is 22.2. The Balaban J connectivity index is 1.93. The molecule has 2 heteroatoms. The maximum absolute atomic E-state index is 11.3. The number of aliphatic hydroxyl groups excluding tert-OH is 1. The summed E-state index contributed by atoms with van der Waals surface area (Å²) in [6.45, 7) is 0. The highest BCUT2D eigenvalue weighted by molar-refractivity contribution is 5.80. The fourth-order valence-corrected chi connectivity index (χ4v) is 3.52. The van der Waals surface area contributed by atoms with E-state index in [1.807, 2.05) is 91.0 Å². The fraction of sp³-hybridized carbons (Fsp3) is 0.0667. The third-order valence-corrected chi connectivity index (χ3v) is 5.24. The minimum atomic E-state index is -0.858. The molecule has 4 aromatic carbocycles. The van der Waals surface area contributed by atoms with Crippen molar-refractivity contribution in [3.8, 4) is 5.75 Å². The van der Waals surface area contributed by atoms with Gasteiger partial charge in [0.05, 0.1) is 7.11 Å². The zero-order valence-corrected chi connectivity index (χ0v) is 17.9. The van der Waals surface area contributed by atoms with Crippen LogP contribution in [0.2, 0.25) is 0 Å². The van der Waals surface area contributed by atoms with Gasteiger partial charge in [0.2, 0.25) is 0 Å². The van der Waals surface area contributed by atoms with E-state index in [0.29, 0.717) is 5.57 Å². The fourth-order valence-electron chi connectivity index (χ4n) is 3.52. The van der Waals surface area contributed by atoms with Gasteiger partial charge in [-0.05, 0) is 34.4 Å². The summed E-state index contributed by atoms with van der Waals surface area (Å²) < 4.78 is 5.25. The van der Waals surface area contributed by atoms with Crippen molar-refractivity contribution in [1.82, 2.24) is 0 Å². The molecule has 0 heterocycles. The molecule has 0 saturated carbocycles. The molecule has 32 heavy (non-hydrogen) atoms. The number of hydrogen-bond donors (Lipinski definition) is 1. The van der Waals surface area contributed by atoms with E-state index in [0.717, 1.165) is 33.6 Å². The average Bonchev–Trinajstić information content (AvgIpc) is 2.88. The summed E-state index contributed by atoms with van der Waals surface area (Å²) in [6, 6.07) is 37.5. The van der Waals surface area contributed by atoms with Crippen molar-refractivity contribution in [1.29, 1.82) is 0 Å². The van der Waals surface area contributed by atoms with Crippen molar-refractivity contribution in [2.24, 2.45) is 0 Å². The van der Waals surface area contributed by atoms with Crippen LogP contribution in [0.1, 0.15) is 28.4 Å². The SMILES string of the molecule is COc1ccc(C(O)C(=C=C=C(c2ccccc2)c2ccccc2)c2ccccc2)cc1. The third-order valence-electron chi connectivity index (χ3n) is 5.24. The van der Waals surface area contributed by atoms with Crippen LogP contribution in [0.5, 0.6) is 5.75 Å². The summed E-state index contributed by atoms with van der Waals surface area (Å²) in [5.74, 6) is 0.747. The Hall–Kier alpha value is -4.06. The average molecular weight is 417 g/mol. The van der Waals surface area contributed by atoms with Gasteiger partial charge in [-0.3, -0.25) is 0 Å². The second kappa shape index (κ2) is 10.3. The standard InChI is InChI=1S/C30H24O2/c1-32-27-19-17-26(18-20-27)30(31)29(25-15-9-4-10-16-25)22-21-28(23-11-5-2-6-12-23)24-13-7-3-8-14-24/h2-20,30-31H,1H3. The third kappa shape index (κ3) is 4.98. The number of aliphatic hydroxyl groups is 1. The monoisotopic (exact) mass is 416 g/mol. The van der Waals surface area contributed by atoms with Crippen molar-refractivity contribution in [3.63, 3.8) is 0 Å². The lowest BCUT2D eigenvalue weighted by molar-refractivity contribution is 0.238. The van der Waals surface area contributed by atoms with E-state index in [2.05, 4.69) is 35.7 Å². The van der Waals surface area contributed by atoms with E-state index in [-0.39, 0.29) is 0 Å². The van der Waals surface area contributed by atoms with Crippen molar-refractivity contribution in [2.75, 3.05) is 7.11 Å². The zero-order valence-electron chi connectivity index (χ0n) is 17.9. The normalized spacial score (nSPS) is 11.1. The van der Waals surface area contributed by atoms with E-state index in [9.17, 15) is 5.11 Å². The lowest BCUT2D eigenvalue weighted by atomic mass is 9.95. The van der Waals surface area contributed by atoms with Gasteiger partial charge in [0.15, 0.2) is 0 Å². The largest absolute Gasteiger partial charge is 0.497 e. The predicted octanol–water partition coefficient (Wildman–Crippen LogP) is 6.70. The van der Waals surface area contributed by atoms with Crippen LogP contribution in [0.3, 0.4) is 0 Å². The van der Waals surface area contributed by atoms with Gasteiger partial charge in [-0.25, -0.2) is 0 Å². The quantitative estimate of drug-likeness (QED) is 0.355. The van der Waals surface area contributed by atoms with Crippen LogP contribution in [0.25, 0.3) is 11.1 Å². The van der Waals surface area contributed by atoms with Crippen LogP contribution in [-0.2, 0) is 0 Å². The first-order valence-electron chi connectivity index (χ1n) is 10.5. The lowest BCUT2D eigenvalue weighted by Gasteiger charge is -2.14. The Labute approximate surface area is 189 Å². The molecule has 0 aliphatic rings. The molecule has 0 amide bonds. The molecular weight excluding hydrogens is 392 g/mol. The number of rotatable bonds is 6. The highest BCUT2D eigenvalue weighted by Crippen LogP contribution is 2.30. The molecule has 0 aromatic heterocycles. The molecular formula is C30H24O2. The Kier molecular flexibility index (Phi) is 6.82. The summed E-state index contributed by atoms with van der Waals surface area (Å²) in [5, 5.41) is 11.3. The minimum Gasteiger partial charge on any atom is -0.497 e. The Morgan fingerprint density at radius 2 is 1.09 bits per heavy atom. The highest BCUT2D eigenvalue weighted by atomic mass is 16.5.